The molecule has 27 heavy (non-hydrogen) atoms. The third-order valence-corrected chi connectivity index (χ3v) is 6.76. The summed E-state index contributed by atoms with van der Waals surface area (Å²) >= 11 is 5.28. The van der Waals surface area contributed by atoms with Crippen molar-refractivity contribution in [3.8, 4) is 5.00 Å². The number of nitrogens with zero attached hydrogens (tertiary/aromatic N) is 1. The predicted octanol–water partition coefficient (Wildman–Crippen LogP) is 6.06. The van der Waals surface area contributed by atoms with Gasteiger partial charge in [-0.15, -0.1) is 11.3 Å². The highest BCUT2D eigenvalue weighted by Gasteiger charge is 2.25. The van der Waals surface area contributed by atoms with Gasteiger partial charge in [-0.05, 0) is 74.6 Å². The summed E-state index contributed by atoms with van der Waals surface area (Å²) in [7, 11) is 0. The molecule has 1 aliphatic rings. The van der Waals surface area contributed by atoms with Gasteiger partial charge in [0.05, 0.1) is 6.04 Å². The topological polar surface area (TPSA) is 46.1 Å². The van der Waals surface area contributed by atoms with Gasteiger partial charge in [0.25, 0.3) is 0 Å². The number of urea groups is 1. The smallest absolute Gasteiger partial charge is 0.319 e. The van der Waals surface area contributed by atoms with Crippen molar-refractivity contribution in [2.75, 3.05) is 5.32 Å². The largest absolute Gasteiger partial charge is 0.331 e. The molecule has 0 unspecified atom stereocenters. The number of nitrogens with one attached hydrogen (secondary N) is 2. The van der Waals surface area contributed by atoms with Gasteiger partial charge in [-0.2, -0.15) is 0 Å². The van der Waals surface area contributed by atoms with Crippen LogP contribution in [0.1, 0.15) is 41.8 Å². The predicted molar refractivity (Wildman–Crippen MR) is 115 cm³/mol. The normalized spacial score (nSPS) is 14.4. The number of amides is 2. The van der Waals surface area contributed by atoms with Crippen molar-refractivity contribution >= 4 is 39.0 Å². The quantitative estimate of drug-likeness (QED) is 0.505. The molecule has 2 heterocycles. The fraction of sp³-hybridized carbons (Fsp3) is 0.286. The zero-order valence-electron chi connectivity index (χ0n) is 15.2. The van der Waals surface area contributed by atoms with Crippen LogP contribution in [0.3, 0.4) is 0 Å². The molecule has 0 saturated heterocycles. The molecule has 4 rings (SSSR count). The highest BCUT2D eigenvalue weighted by atomic mass is 79.9. The fourth-order valence-corrected chi connectivity index (χ4v) is 5.37. The summed E-state index contributed by atoms with van der Waals surface area (Å²) in [6.45, 7) is 2.07. The second-order valence-corrected chi connectivity index (χ2v) is 8.85. The van der Waals surface area contributed by atoms with E-state index in [4.69, 9.17) is 0 Å². The summed E-state index contributed by atoms with van der Waals surface area (Å²) in [5.74, 6) is 0. The van der Waals surface area contributed by atoms with E-state index in [-0.39, 0.29) is 12.1 Å². The highest BCUT2D eigenvalue weighted by Crippen LogP contribution is 2.40. The first-order valence-corrected chi connectivity index (χ1v) is 10.8. The minimum Gasteiger partial charge on any atom is -0.331 e. The van der Waals surface area contributed by atoms with Gasteiger partial charge in [0, 0.05) is 33.0 Å². The molecule has 0 radical (unpaired) electrons. The highest BCUT2D eigenvalue weighted by molar-refractivity contribution is 9.10. The van der Waals surface area contributed by atoms with Crippen molar-refractivity contribution in [2.45, 2.75) is 38.6 Å². The Balaban J connectivity index is 1.57. The summed E-state index contributed by atoms with van der Waals surface area (Å²) in [6.07, 6.45) is 8.88. The van der Waals surface area contributed by atoms with Crippen LogP contribution < -0.4 is 10.6 Å². The molecule has 0 fully saturated rings. The third kappa shape index (κ3) is 3.96. The molecule has 1 atom stereocenters. The molecule has 4 nitrogen and oxygen atoms in total. The number of aromatic nitrogens is 1. The van der Waals surface area contributed by atoms with E-state index in [2.05, 4.69) is 50.4 Å². The number of halogens is 1. The molecule has 2 amide bonds. The van der Waals surface area contributed by atoms with Crippen LogP contribution in [0.2, 0.25) is 0 Å². The average Bonchev–Trinajstić information content (AvgIpc) is 3.30. The molecule has 2 aromatic heterocycles. The first-order valence-electron chi connectivity index (χ1n) is 9.22. The van der Waals surface area contributed by atoms with Crippen molar-refractivity contribution in [3.63, 3.8) is 0 Å². The molecular weight excluding hydrogens is 422 g/mol. The van der Waals surface area contributed by atoms with E-state index in [1.54, 1.807) is 0 Å². The number of carbonyl (C=O) groups is 1. The zero-order valence-corrected chi connectivity index (χ0v) is 17.6. The second-order valence-electron chi connectivity index (χ2n) is 6.85. The van der Waals surface area contributed by atoms with Crippen LogP contribution >= 0.6 is 27.3 Å². The van der Waals surface area contributed by atoms with E-state index >= 15 is 0 Å². The number of hydrogen-bond donors (Lipinski definition) is 2. The zero-order chi connectivity index (χ0) is 18.8. The minimum absolute atomic E-state index is 0.0593. The number of hydrogen-bond acceptors (Lipinski definition) is 2. The van der Waals surface area contributed by atoms with Crippen LogP contribution in [0, 0.1) is 0 Å². The van der Waals surface area contributed by atoms with Crippen LogP contribution in [-0.2, 0) is 12.8 Å². The van der Waals surface area contributed by atoms with Crippen molar-refractivity contribution in [2.24, 2.45) is 0 Å². The number of aryl methyl sites for hydroxylation is 1. The number of thiophene rings is 1. The Hall–Kier alpha value is -2.05. The van der Waals surface area contributed by atoms with Gasteiger partial charge < -0.3 is 15.2 Å². The maximum absolute atomic E-state index is 12.5. The van der Waals surface area contributed by atoms with Gasteiger partial charge in [0.15, 0.2) is 0 Å². The molecule has 0 spiro atoms. The average molecular weight is 444 g/mol. The second kappa shape index (κ2) is 7.90. The van der Waals surface area contributed by atoms with E-state index in [0.717, 1.165) is 23.0 Å². The van der Waals surface area contributed by atoms with Crippen LogP contribution in [0.4, 0.5) is 10.5 Å². The Morgan fingerprint density at radius 1 is 1.15 bits per heavy atom. The van der Waals surface area contributed by atoms with Crippen LogP contribution in [-0.4, -0.2) is 10.6 Å². The number of anilines is 1. The fourth-order valence-electron chi connectivity index (χ4n) is 3.65. The summed E-state index contributed by atoms with van der Waals surface area (Å²) in [6, 6.07) is 11.4. The molecule has 3 aromatic rings. The van der Waals surface area contributed by atoms with Crippen molar-refractivity contribution in [3.05, 3.63) is 69.3 Å². The number of benzene rings is 1. The standard InChI is InChI=1S/C21H22BrN3OS/c1-14(23-21(26)24-16-10-8-15(22)9-11-16)19-17-6-2-3-7-18(17)27-20(19)25-12-4-5-13-25/h4-5,8-14H,2-3,6-7H2,1H3,(H2,23,24,26)/t14-/m1/s1. The Kier molecular flexibility index (Phi) is 5.36. The van der Waals surface area contributed by atoms with Crippen LogP contribution in [0.5, 0.6) is 0 Å². The Morgan fingerprint density at radius 3 is 2.59 bits per heavy atom. The molecule has 0 bridgehead atoms. The van der Waals surface area contributed by atoms with Gasteiger partial charge in [-0.3, -0.25) is 0 Å². The molecule has 0 aliphatic heterocycles. The summed E-state index contributed by atoms with van der Waals surface area (Å²) < 4.78 is 3.16. The lowest BCUT2D eigenvalue weighted by Gasteiger charge is -2.20. The van der Waals surface area contributed by atoms with Gasteiger partial charge in [-0.1, -0.05) is 15.9 Å². The van der Waals surface area contributed by atoms with Gasteiger partial charge in [-0.25, -0.2) is 4.79 Å². The first kappa shape index (κ1) is 18.3. The molecule has 140 valence electrons. The monoisotopic (exact) mass is 443 g/mol. The van der Waals surface area contributed by atoms with Crippen LogP contribution in [0.25, 0.3) is 5.00 Å². The maximum atomic E-state index is 12.5. The molecule has 1 aromatic carbocycles. The minimum atomic E-state index is -0.181. The van der Waals surface area contributed by atoms with Crippen molar-refractivity contribution < 1.29 is 4.79 Å². The van der Waals surface area contributed by atoms with Gasteiger partial charge >= 0.3 is 6.03 Å². The van der Waals surface area contributed by atoms with Crippen molar-refractivity contribution in [1.82, 2.24) is 9.88 Å². The molecular formula is C21H22BrN3OS. The lowest BCUT2D eigenvalue weighted by atomic mass is 9.93. The first-order chi connectivity index (χ1) is 13.1. The third-order valence-electron chi connectivity index (χ3n) is 4.91. The van der Waals surface area contributed by atoms with E-state index < -0.39 is 0 Å². The SMILES string of the molecule is C[C@@H](NC(=O)Nc1ccc(Br)cc1)c1c(-n2cccc2)sc2c1CCCC2. The molecule has 2 N–H and O–H groups in total. The summed E-state index contributed by atoms with van der Waals surface area (Å²) in [5, 5.41) is 7.28. The number of carbonyl (C=O) groups excluding carboxylic acids is 1. The lowest BCUT2D eigenvalue weighted by molar-refractivity contribution is 0.249. The molecule has 0 saturated carbocycles. The Bertz CT molecular complexity index is 931. The van der Waals surface area contributed by atoms with E-state index in [1.165, 1.54) is 33.8 Å². The van der Waals surface area contributed by atoms with Gasteiger partial charge in [0.2, 0.25) is 0 Å². The molecule has 6 heteroatoms. The van der Waals surface area contributed by atoms with E-state index in [0.29, 0.717) is 0 Å². The van der Waals surface area contributed by atoms with E-state index in [1.807, 2.05) is 47.7 Å². The maximum Gasteiger partial charge on any atom is 0.319 e. The molecule has 1 aliphatic carbocycles. The summed E-state index contributed by atoms with van der Waals surface area (Å²) in [5.41, 5.74) is 3.48. The number of fused-ring (bicyclic) bond motifs is 1. The van der Waals surface area contributed by atoms with Crippen LogP contribution in [0.15, 0.2) is 53.3 Å². The lowest BCUT2D eigenvalue weighted by Crippen LogP contribution is -2.32. The Labute approximate surface area is 171 Å². The van der Waals surface area contributed by atoms with Gasteiger partial charge in [0.1, 0.15) is 5.00 Å². The summed E-state index contributed by atoms with van der Waals surface area (Å²) in [4.78, 5) is 14.0. The van der Waals surface area contributed by atoms with Crippen molar-refractivity contribution in [1.29, 1.82) is 0 Å². The number of rotatable bonds is 4. The Morgan fingerprint density at radius 2 is 1.85 bits per heavy atom. The van der Waals surface area contributed by atoms with E-state index in [9.17, 15) is 4.79 Å².